The predicted octanol–water partition coefficient (Wildman–Crippen LogP) is 9.58. The summed E-state index contributed by atoms with van der Waals surface area (Å²) in [5, 5.41) is 17.5. The Balaban J connectivity index is -0.000000355. The van der Waals surface area contributed by atoms with Gasteiger partial charge in [0.2, 0.25) is 0 Å². The Morgan fingerprint density at radius 3 is 1.19 bits per heavy atom. The average molecular weight is 945 g/mol. The van der Waals surface area contributed by atoms with Crippen LogP contribution in [0.4, 0.5) is 14.4 Å². The molecule has 0 aromatic carbocycles. The summed E-state index contributed by atoms with van der Waals surface area (Å²) in [4.78, 5) is 67.7. The van der Waals surface area contributed by atoms with Gasteiger partial charge in [-0.3, -0.25) is 9.59 Å². The first kappa shape index (κ1) is 62.0. The van der Waals surface area contributed by atoms with Gasteiger partial charge in [0.25, 0.3) is 0 Å². The lowest BCUT2D eigenvalue weighted by atomic mass is 10.2. The lowest BCUT2D eigenvalue weighted by molar-refractivity contribution is -0.138. The summed E-state index contributed by atoms with van der Waals surface area (Å²) in [5.74, 6) is 1.72. The van der Waals surface area contributed by atoms with E-state index in [1.807, 2.05) is 18.2 Å². The smallest absolute Gasteiger partial charge is 0.408 e. The van der Waals surface area contributed by atoms with E-state index in [2.05, 4.69) is 64.2 Å². The van der Waals surface area contributed by atoms with Crippen LogP contribution in [-0.4, -0.2) is 110 Å². The number of thiol groups is 1. The van der Waals surface area contributed by atoms with Crippen molar-refractivity contribution in [2.45, 2.75) is 150 Å². The zero-order valence-corrected chi connectivity index (χ0v) is 40.9. The minimum atomic E-state index is -1.05. The van der Waals surface area contributed by atoms with E-state index in [0.29, 0.717) is 11.5 Å². The topological polar surface area (TPSA) is 186 Å². The Kier molecular flexibility index (Phi) is 38.8. The molecular weight excluding hydrogens is 871 g/mol. The number of unbranched alkanes of at least 4 members (excludes halogenated alkanes) is 3. The lowest BCUT2D eigenvalue weighted by Gasteiger charge is -2.22. The zero-order valence-electron chi connectivity index (χ0n) is 36.8. The molecule has 58 heavy (non-hydrogen) atoms. The number of amides is 3. The zero-order chi connectivity index (χ0) is 46.0. The predicted molar refractivity (Wildman–Crippen MR) is 249 cm³/mol. The summed E-state index contributed by atoms with van der Waals surface area (Å²) in [5.41, 5.74) is -1.74. The highest BCUT2D eigenvalue weighted by molar-refractivity contribution is 9.09. The molecule has 0 saturated carbocycles. The van der Waals surface area contributed by atoms with Gasteiger partial charge in [-0.2, -0.15) is 36.2 Å². The van der Waals surface area contributed by atoms with Crippen LogP contribution in [0.25, 0.3) is 0 Å². The molecule has 0 unspecified atom stereocenters. The quantitative estimate of drug-likeness (QED) is 0.0228. The van der Waals surface area contributed by atoms with E-state index in [4.69, 9.17) is 19.3 Å². The van der Waals surface area contributed by atoms with Gasteiger partial charge in [0, 0.05) is 22.6 Å². The first-order chi connectivity index (χ1) is 26.7. The summed E-state index contributed by atoms with van der Waals surface area (Å²) >= 11 is 10.4. The molecule has 0 rings (SSSR count). The van der Waals surface area contributed by atoms with E-state index < -0.39 is 59.2 Å². The van der Waals surface area contributed by atoms with E-state index >= 15 is 0 Å². The van der Waals surface area contributed by atoms with Gasteiger partial charge in [0.1, 0.15) is 22.8 Å². The molecule has 0 saturated heterocycles. The summed E-state index contributed by atoms with van der Waals surface area (Å²) in [6, 6.07) is -1.99. The number of ketones is 2. The Hall–Kier alpha value is -2.63. The molecule has 3 atom stereocenters. The number of allylic oxidation sites excluding steroid dienone is 3. The number of carbonyl (C=O) groups excluding carboxylic acids is 5. The third-order valence-electron chi connectivity index (χ3n) is 6.04. The van der Waals surface area contributed by atoms with Crippen LogP contribution in [0, 0.1) is 0 Å². The fourth-order valence-electron chi connectivity index (χ4n) is 3.34. The molecule has 0 fully saturated rings. The van der Waals surface area contributed by atoms with Crippen molar-refractivity contribution in [1.82, 2.24) is 16.0 Å². The van der Waals surface area contributed by atoms with E-state index in [0.717, 1.165) is 48.9 Å². The molecular formula is C41H74BrN3O10S3. The molecule has 0 bridgehead atoms. The molecule has 0 heterocycles. The van der Waals surface area contributed by atoms with Crippen LogP contribution in [0.5, 0.6) is 0 Å². The molecule has 3 amide bonds. The molecule has 17 heteroatoms. The standard InChI is InChI=1S/C14H25NO3S.C13H23NO4S.C9H17NO3S.C5H9Br/c1-6-7-8-9-19-10-12(11(2)16)15-13(17)18-14(3,4)5;1-5-6-7-8-19-9-10(11(15)16)14-12(17)18-13(2,3)4;1-6(11)7(5-14)10-8(12)13-9(2,3)4;1-2-3-4-5-6/h6,12H,1,7-10H2,2-5H3,(H,15,17);5,10H,1,6-9H2,2-4H3,(H,14,17)(H,15,16);7,14H,5H2,1-4H3,(H,10,12);2H,1,3-5H2/t12-;10-;7-;/m000./s1. The molecule has 0 aromatic rings. The van der Waals surface area contributed by atoms with Crippen molar-refractivity contribution in [2.24, 2.45) is 0 Å². The second-order valence-electron chi connectivity index (χ2n) is 15.5. The normalized spacial score (nSPS) is 12.3. The van der Waals surface area contributed by atoms with E-state index in [-0.39, 0.29) is 17.3 Å². The summed E-state index contributed by atoms with van der Waals surface area (Å²) in [6.07, 6.45) is 10.0. The Morgan fingerprint density at radius 2 is 0.931 bits per heavy atom. The van der Waals surface area contributed by atoms with Crippen molar-refractivity contribution in [2.75, 3.05) is 34.1 Å². The Labute approximate surface area is 371 Å². The van der Waals surface area contributed by atoms with E-state index in [1.165, 1.54) is 32.0 Å². The van der Waals surface area contributed by atoms with Crippen LogP contribution < -0.4 is 16.0 Å². The molecule has 0 aromatic heterocycles. The molecule has 0 aliphatic rings. The van der Waals surface area contributed by atoms with Crippen molar-refractivity contribution in [1.29, 1.82) is 0 Å². The van der Waals surface area contributed by atoms with Crippen LogP contribution in [-0.2, 0) is 28.6 Å². The van der Waals surface area contributed by atoms with Gasteiger partial charge in [-0.05, 0) is 126 Å². The molecule has 13 nitrogen and oxygen atoms in total. The van der Waals surface area contributed by atoms with Gasteiger partial charge in [0.05, 0.1) is 12.1 Å². The Bertz CT molecular complexity index is 1160. The van der Waals surface area contributed by atoms with Crippen LogP contribution in [0.2, 0.25) is 0 Å². The molecule has 4 N–H and O–H groups in total. The van der Waals surface area contributed by atoms with Gasteiger partial charge in [0.15, 0.2) is 11.6 Å². The number of alkyl carbamates (subject to hydrolysis) is 3. The summed E-state index contributed by atoms with van der Waals surface area (Å²) in [7, 11) is 0. The number of carbonyl (C=O) groups is 6. The summed E-state index contributed by atoms with van der Waals surface area (Å²) in [6.45, 7) is 29.6. The Morgan fingerprint density at radius 1 is 0.621 bits per heavy atom. The third kappa shape index (κ3) is 47.7. The van der Waals surface area contributed by atoms with Crippen LogP contribution in [0.3, 0.4) is 0 Å². The van der Waals surface area contributed by atoms with E-state index in [9.17, 15) is 28.8 Å². The highest BCUT2D eigenvalue weighted by atomic mass is 79.9. The van der Waals surface area contributed by atoms with Gasteiger partial charge in [-0.1, -0.05) is 34.2 Å². The number of Topliss-reactive ketones (excluding diaryl/α,β-unsaturated/α-hetero) is 2. The van der Waals surface area contributed by atoms with Gasteiger partial charge >= 0.3 is 24.2 Å². The molecule has 0 spiro atoms. The van der Waals surface area contributed by atoms with Crippen molar-refractivity contribution >= 4 is 87.9 Å². The number of thioether (sulfide) groups is 2. The largest absolute Gasteiger partial charge is 0.480 e. The average Bonchev–Trinajstić information content (AvgIpc) is 3.06. The van der Waals surface area contributed by atoms with Crippen molar-refractivity contribution in [3.63, 3.8) is 0 Å². The monoisotopic (exact) mass is 943 g/mol. The van der Waals surface area contributed by atoms with E-state index in [1.54, 1.807) is 74.1 Å². The maximum atomic E-state index is 11.6. The number of nitrogens with one attached hydrogen (secondary N) is 3. The maximum Gasteiger partial charge on any atom is 0.408 e. The van der Waals surface area contributed by atoms with Crippen molar-refractivity contribution in [3.05, 3.63) is 38.0 Å². The van der Waals surface area contributed by atoms with Crippen LogP contribution in [0.1, 0.15) is 115 Å². The second-order valence-corrected chi connectivity index (χ2v) is 18.9. The van der Waals surface area contributed by atoms with Gasteiger partial charge < -0.3 is 35.3 Å². The fraction of sp³-hybridized carbons (Fsp3) is 0.707. The lowest BCUT2D eigenvalue weighted by Crippen LogP contribution is -2.45. The number of rotatable bonds is 22. The fourth-order valence-corrected chi connectivity index (χ4v) is 6.11. The number of aliphatic carboxylic acids is 1. The first-order valence-electron chi connectivity index (χ1n) is 19.1. The molecule has 0 aliphatic carbocycles. The molecule has 0 radical (unpaired) electrons. The highest BCUT2D eigenvalue weighted by Gasteiger charge is 2.24. The number of alkyl halides is 1. The number of carboxylic acid groups (broad SMARTS) is 1. The van der Waals surface area contributed by atoms with Crippen molar-refractivity contribution < 1.29 is 48.1 Å². The molecule has 0 aliphatic heterocycles. The molecule has 338 valence electrons. The minimum Gasteiger partial charge on any atom is -0.480 e. The van der Waals surface area contributed by atoms with Gasteiger partial charge in [-0.25, -0.2) is 19.2 Å². The number of hydrogen-bond acceptors (Lipinski definition) is 12. The van der Waals surface area contributed by atoms with Crippen molar-refractivity contribution in [3.8, 4) is 0 Å². The van der Waals surface area contributed by atoms with Crippen LogP contribution in [0.15, 0.2) is 38.0 Å². The third-order valence-corrected chi connectivity index (χ3v) is 9.26. The van der Waals surface area contributed by atoms with Crippen LogP contribution >= 0.6 is 52.1 Å². The highest BCUT2D eigenvalue weighted by Crippen LogP contribution is 2.12. The second kappa shape index (κ2) is 36.2. The number of hydrogen-bond donors (Lipinski definition) is 5. The number of halogens is 1. The SMILES string of the molecule is C=CCCCBr.C=CCCCSC[C@H](NC(=O)OC(C)(C)C)C(=O)O.C=CCCCSC[C@H](NC(=O)OC(C)(C)C)C(C)=O.CC(=O)[C@H](CS)NC(=O)OC(C)(C)C. The number of carboxylic acids is 1. The number of ether oxygens (including phenoxy) is 3. The maximum absolute atomic E-state index is 11.6. The first-order valence-corrected chi connectivity index (χ1v) is 23.1. The summed E-state index contributed by atoms with van der Waals surface area (Å²) < 4.78 is 15.1. The van der Waals surface area contributed by atoms with Gasteiger partial charge in [-0.15, -0.1) is 19.7 Å². The minimum absolute atomic E-state index is 0.0536.